The van der Waals surface area contributed by atoms with E-state index >= 15 is 0 Å². The van der Waals surface area contributed by atoms with E-state index in [2.05, 4.69) is 10.3 Å². The number of aliphatic hydroxyl groups excluding tert-OH is 2. The molecule has 27 heavy (non-hydrogen) atoms. The summed E-state index contributed by atoms with van der Waals surface area (Å²) in [6, 6.07) is 6.26. The number of nitrogens with zero attached hydrogens (tertiary/aromatic N) is 2. The predicted octanol–water partition coefficient (Wildman–Crippen LogP) is -2.67. The van der Waals surface area contributed by atoms with E-state index in [4.69, 9.17) is 10.5 Å². The molecule has 0 bridgehead atoms. The maximum atomic E-state index is 12.3. The van der Waals surface area contributed by atoms with E-state index in [1.54, 1.807) is 18.2 Å². The Labute approximate surface area is 152 Å². The molecule has 1 fully saturated rings. The molecule has 11 heteroatoms. The summed E-state index contributed by atoms with van der Waals surface area (Å²) in [5.74, 6) is -0.679. The average molecular weight is 377 g/mol. The summed E-state index contributed by atoms with van der Waals surface area (Å²) in [6.07, 6.45) is -4.70. The summed E-state index contributed by atoms with van der Waals surface area (Å²) in [4.78, 5) is 41.6. The molecule has 6 N–H and O–H groups in total. The smallest absolute Gasteiger partial charge is 0.330 e. The first-order valence-electron chi connectivity index (χ1n) is 8.16. The van der Waals surface area contributed by atoms with Gasteiger partial charge in [-0.3, -0.25) is 24.1 Å². The van der Waals surface area contributed by atoms with Crippen LogP contribution in [0.25, 0.3) is 0 Å². The highest BCUT2D eigenvalue weighted by Crippen LogP contribution is 2.28. The third-order valence-corrected chi connectivity index (χ3v) is 4.14. The van der Waals surface area contributed by atoms with Crippen molar-refractivity contribution in [2.24, 2.45) is 5.73 Å². The molecule has 0 spiro atoms. The zero-order valence-electron chi connectivity index (χ0n) is 14.1. The van der Waals surface area contributed by atoms with Crippen LogP contribution in [-0.4, -0.2) is 49.0 Å². The van der Waals surface area contributed by atoms with Crippen molar-refractivity contribution in [3.05, 3.63) is 62.7 Å². The fourth-order valence-electron chi connectivity index (χ4n) is 2.75. The van der Waals surface area contributed by atoms with Crippen LogP contribution >= 0.6 is 0 Å². The van der Waals surface area contributed by atoms with Crippen LogP contribution in [0.3, 0.4) is 0 Å². The van der Waals surface area contributed by atoms with E-state index in [1.165, 1.54) is 0 Å². The van der Waals surface area contributed by atoms with E-state index in [-0.39, 0.29) is 13.1 Å². The zero-order chi connectivity index (χ0) is 19.6. The number of aromatic nitrogens is 3. The molecule has 4 atom stereocenters. The van der Waals surface area contributed by atoms with Crippen molar-refractivity contribution in [2.45, 2.75) is 37.6 Å². The molecular weight excluding hydrogens is 358 g/mol. The molecule has 1 aliphatic heterocycles. The summed E-state index contributed by atoms with van der Waals surface area (Å²) in [6.45, 7) is 0.326. The average Bonchev–Trinajstić information content (AvgIpc) is 2.95. The second kappa shape index (κ2) is 7.80. The van der Waals surface area contributed by atoms with Crippen LogP contribution in [0.2, 0.25) is 0 Å². The molecule has 0 radical (unpaired) electrons. The molecule has 144 valence electrons. The number of ether oxygens (including phenoxy) is 1. The van der Waals surface area contributed by atoms with Crippen molar-refractivity contribution in [2.75, 3.05) is 0 Å². The van der Waals surface area contributed by atoms with Gasteiger partial charge >= 0.3 is 5.69 Å². The third kappa shape index (κ3) is 3.95. The van der Waals surface area contributed by atoms with Crippen LogP contribution in [0.15, 0.2) is 40.1 Å². The van der Waals surface area contributed by atoms with Crippen LogP contribution in [0.5, 0.6) is 0 Å². The van der Waals surface area contributed by atoms with E-state index < -0.39 is 41.7 Å². The molecule has 1 saturated heterocycles. The fraction of sp³-hybridized carbons (Fsp3) is 0.375. The minimum Gasteiger partial charge on any atom is -0.387 e. The predicted molar refractivity (Wildman–Crippen MR) is 91.2 cm³/mol. The van der Waals surface area contributed by atoms with Crippen LogP contribution in [-0.2, 0) is 22.6 Å². The van der Waals surface area contributed by atoms with Gasteiger partial charge in [0.25, 0.3) is 11.5 Å². The topological polar surface area (TPSA) is 173 Å². The number of nitrogens with one attached hydrogen (secondary N) is 2. The summed E-state index contributed by atoms with van der Waals surface area (Å²) in [7, 11) is 0. The number of nitrogens with two attached hydrogens (primary N) is 1. The van der Waals surface area contributed by atoms with Crippen LogP contribution in [0.4, 0.5) is 0 Å². The molecule has 11 nitrogen and oxygen atoms in total. The first kappa shape index (κ1) is 18.9. The maximum Gasteiger partial charge on any atom is 0.330 e. The van der Waals surface area contributed by atoms with Gasteiger partial charge in [0.15, 0.2) is 12.3 Å². The number of H-pyrrole nitrogens is 1. The van der Waals surface area contributed by atoms with Gasteiger partial charge in [0.1, 0.15) is 12.2 Å². The second-order valence-electron chi connectivity index (χ2n) is 5.99. The number of aliphatic hydroxyl groups is 2. The van der Waals surface area contributed by atoms with Crippen molar-refractivity contribution in [3.63, 3.8) is 0 Å². The zero-order valence-corrected chi connectivity index (χ0v) is 14.1. The molecular formula is C16H19N5O6. The first-order chi connectivity index (χ1) is 12.9. The van der Waals surface area contributed by atoms with Crippen molar-refractivity contribution < 1.29 is 19.7 Å². The summed E-state index contributed by atoms with van der Waals surface area (Å²) >= 11 is 0. The number of carbonyl (C=O) groups excluding carboxylic acids is 1. The van der Waals surface area contributed by atoms with E-state index in [0.717, 1.165) is 16.8 Å². The van der Waals surface area contributed by atoms with Gasteiger partial charge in [0, 0.05) is 18.8 Å². The molecule has 0 saturated carbocycles. The van der Waals surface area contributed by atoms with Crippen molar-refractivity contribution in [1.29, 1.82) is 0 Å². The van der Waals surface area contributed by atoms with E-state index in [0.29, 0.717) is 11.4 Å². The number of hydrogen-bond acceptors (Lipinski definition) is 8. The molecule has 2 aromatic rings. The number of aromatic amines is 1. The molecule has 0 aromatic carbocycles. The Kier molecular flexibility index (Phi) is 5.46. The van der Waals surface area contributed by atoms with Gasteiger partial charge in [0.05, 0.1) is 17.9 Å². The van der Waals surface area contributed by atoms with Crippen LogP contribution in [0, 0.1) is 0 Å². The van der Waals surface area contributed by atoms with Gasteiger partial charge in [-0.25, -0.2) is 4.79 Å². The van der Waals surface area contributed by atoms with E-state index in [1.807, 2.05) is 4.98 Å². The van der Waals surface area contributed by atoms with Crippen LogP contribution < -0.4 is 22.3 Å². The molecule has 1 amide bonds. The quantitative estimate of drug-likeness (QED) is 0.375. The normalized spacial score (nSPS) is 24.7. The van der Waals surface area contributed by atoms with Gasteiger partial charge < -0.3 is 26.0 Å². The van der Waals surface area contributed by atoms with Crippen LogP contribution in [0.1, 0.15) is 17.6 Å². The van der Waals surface area contributed by atoms with Crippen molar-refractivity contribution >= 4 is 5.91 Å². The van der Waals surface area contributed by atoms with Gasteiger partial charge in [-0.1, -0.05) is 6.07 Å². The Hall–Kier alpha value is -2.86. The van der Waals surface area contributed by atoms with Crippen molar-refractivity contribution in [1.82, 2.24) is 19.9 Å². The molecule has 3 heterocycles. The second-order valence-corrected chi connectivity index (χ2v) is 5.99. The standard InChI is InChI=1S/C16H19N5O6/c17-6-8-2-1-3-9(19-8)7-18-14(25)13-11(23)12(24)15(27-13)21-5-4-10(22)20-16(21)26/h1-5,11-13,15,23-24H,6-7,17H2,(H,18,25)(H,20,22,26)/t11-,12+,13-,15+/m0/s1. The highest BCUT2D eigenvalue weighted by molar-refractivity contribution is 5.81. The first-order valence-corrected chi connectivity index (χ1v) is 8.16. The van der Waals surface area contributed by atoms with Gasteiger partial charge in [-0.15, -0.1) is 0 Å². The number of amides is 1. The third-order valence-electron chi connectivity index (χ3n) is 4.14. The van der Waals surface area contributed by atoms with Gasteiger partial charge in [0.2, 0.25) is 0 Å². The SMILES string of the molecule is NCc1cccc(CNC(=O)[C@H]2O[C@@H](n3ccc(=O)[nH]c3=O)[C@H](O)[C@@H]2O)n1. The van der Waals surface area contributed by atoms with Gasteiger partial charge in [-0.05, 0) is 12.1 Å². The Morgan fingerprint density at radius 2 is 2.00 bits per heavy atom. The summed E-state index contributed by atoms with van der Waals surface area (Å²) in [5, 5.41) is 22.8. The minimum atomic E-state index is -1.56. The summed E-state index contributed by atoms with van der Waals surface area (Å²) < 4.78 is 6.27. The Morgan fingerprint density at radius 1 is 1.26 bits per heavy atom. The lowest BCUT2D eigenvalue weighted by atomic mass is 10.1. The summed E-state index contributed by atoms with van der Waals surface area (Å²) in [5.41, 5.74) is 5.29. The Balaban J connectivity index is 1.70. The molecule has 3 rings (SSSR count). The lowest BCUT2D eigenvalue weighted by Gasteiger charge is -2.16. The number of rotatable bonds is 5. The number of hydrogen-bond donors (Lipinski definition) is 5. The highest BCUT2D eigenvalue weighted by atomic mass is 16.6. The molecule has 0 unspecified atom stereocenters. The maximum absolute atomic E-state index is 12.3. The van der Waals surface area contributed by atoms with Crippen molar-refractivity contribution in [3.8, 4) is 0 Å². The number of carbonyl (C=O) groups is 1. The van der Waals surface area contributed by atoms with Gasteiger partial charge in [-0.2, -0.15) is 0 Å². The fourth-order valence-corrected chi connectivity index (χ4v) is 2.75. The number of pyridine rings is 1. The molecule has 0 aliphatic carbocycles. The largest absolute Gasteiger partial charge is 0.387 e. The lowest BCUT2D eigenvalue weighted by molar-refractivity contribution is -0.138. The lowest BCUT2D eigenvalue weighted by Crippen LogP contribution is -2.42. The Bertz CT molecular complexity index is 941. The minimum absolute atomic E-state index is 0.0681. The molecule has 2 aromatic heterocycles. The Morgan fingerprint density at radius 3 is 2.70 bits per heavy atom. The van der Waals surface area contributed by atoms with E-state index in [9.17, 15) is 24.6 Å². The highest BCUT2D eigenvalue weighted by Gasteiger charge is 2.47. The molecule has 1 aliphatic rings. The monoisotopic (exact) mass is 377 g/mol.